The molecule has 6 nitrogen and oxygen atoms in total. The molecule has 0 aromatic heterocycles. The van der Waals surface area contributed by atoms with E-state index in [-0.39, 0.29) is 24.3 Å². The number of nitrogens with zero attached hydrogens (tertiary/aromatic N) is 2. The van der Waals surface area contributed by atoms with Crippen molar-refractivity contribution in [3.8, 4) is 11.5 Å². The third-order valence-electron chi connectivity index (χ3n) is 5.03. The van der Waals surface area contributed by atoms with E-state index in [0.717, 1.165) is 32.2 Å². The number of ether oxygens (including phenoxy) is 2. The van der Waals surface area contributed by atoms with E-state index in [4.69, 9.17) is 9.47 Å². The first-order chi connectivity index (χ1) is 12.2. The molecule has 25 heavy (non-hydrogen) atoms. The summed E-state index contributed by atoms with van der Waals surface area (Å²) in [5.41, 5.74) is 0. The molecule has 2 amide bonds. The maximum Gasteiger partial charge on any atom is 0.260 e. The predicted molar refractivity (Wildman–Crippen MR) is 93.6 cm³/mol. The van der Waals surface area contributed by atoms with Crippen molar-refractivity contribution in [1.29, 1.82) is 0 Å². The predicted octanol–water partition coefficient (Wildman–Crippen LogP) is 1.93. The Kier molecular flexibility index (Phi) is 5.79. The number of amides is 2. The van der Waals surface area contributed by atoms with Crippen LogP contribution in [0.25, 0.3) is 0 Å². The Hall–Kier alpha value is -2.24. The summed E-state index contributed by atoms with van der Waals surface area (Å²) in [5, 5.41) is 0. The Bertz CT molecular complexity index is 615. The zero-order valence-corrected chi connectivity index (χ0v) is 14.8. The highest BCUT2D eigenvalue weighted by Gasteiger charge is 2.30. The lowest BCUT2D eigenvalue weighted by atomic mass is 9.84. The quantitative estimate of drug-likeness (QED) is 0.817. The number of carbonyl (C=O) groups is 2. The number of methoxy groups -OCH3 is 1. The van der Waals surface area contributed by atoms with Gasteiger partial charge in [-0.15, -0.1) is 0 Å². The number of benzene rings is 1. The Morgan fingerprint density at radius 1 is 1.00 bits per heavy atom. The molecular formula is C19H26N2O4. The van der Waals surface area contributed by atoms with E-state index < -0.39 is 0 Å². The Labute approximate surface area is 148 Å². The van der Waals surface area contributed by atoms with Gasteiger partial charge in [-0.05, 0) is 31.4 Å². The minimum absolute atomic E-state index is 0.0169. The second-order valence-electron chi connectivity index (χ2n) is 6.63. The first-order valence-corrected chi connectivity index (χ1v) is 9.01. The minimum Gasteiger partial charge on any atom is -0.493 e. The van der Waals surface area contributed by atoms with E-state index in [1.807, 2.05) is 17.0 Å². The summed E-state index contributed by atoms with van der Waals surface area (Å²) in [4.78, 5) is 28.6. The lowest BCUT2D eigenvalue weighted by Gasteiger charge is -2.31. The van der Waals surface area contributed by atoms with Crippen molar-refractivity contribution in [1.82, 2.24) is 9.80 Å². The normalized spacial score (nSPS) is 18.3. The van der Waals surface area contributed by atoms with Crippen LogP contribution in [0.15, 0.2) is 24.3 Å². The van der Waals surface area contributed by atoms with E-state index in [0.29, 0.717) is 31.1 Å². The molecule has 1 aliphatic heterocycles. The van der Waals surface area contributed by atoms with Crippen LogP contribution in [-0.4, -0.2) is 61.5 Å². The van der Waals surface area contributed by atoms with Gasteiger partial charge in [-0.25, -0.2) is 0 Å². The summed E-state index contributed by atoms with van der Waals surface area (Å²) in [5.74, 6) is 1.61. The van der Waals surface area contributed by atoms with E-state index >= 15 is 0 Å². The van der Waals surface area contributed by atoms with Gasteiger partial charge in [0.05, 0.1) is 7.11 Å². The van der Waals surface area contributed by atoms with Gasteiger partial charge in [0, 0.05) is 32.1 Å². The maximum atomic E-state index is 12.5. The van der Waals surface area contributed by atoms with Crippen LogP contribution in [0.5, 0.6) is 11.5 Å². The van der Waals surface area contributed by atoms with Crippen molar-refractivity contribution in [2.45, 2.75) is 25.7 Å². The van der Waals surface area contributed by atoms with Crippen LogP contribution in [0, 0.1) is 5.92 Å². The number of hydrogen-bond donors (Lipinski definition) is 0. The van der Waals surface area contributed by atoms with Gasteiger partial charge in [-0.1, -0.05) is 18.6 Å². The maximum absolute atomic E-state index is 12.5. The number of rotatable bonds is 5. The fourth-order valence-corrected chi connectivity index (χ4v) is 3.27. The van der Waals surface area contributed by atoms with E-state index in [1.165, 1.54) is 0 Å². The molecular weight excluding hydrogens is 320 g/mol. The molecule has 1 aromatic rings. The van der Waals surface area contributed by atoms with Crippen LogP contribution in [0.4, 0.5) is 0 Å². The third kappa shape index (κ3) is 4.24. The minimum atomic E-state index is -0.0520. The van der Waals surface area contributed by atoms with Crippen LogP contribution < -0.4 is 9.47 Å². The van der Waals surface area contributed by atoms with Crippen molar-refractivity contribution in [3.05, 3.63) is 24.3 Å². The SMILES string of the molecule is COc1ccccc1OCC(=O)N1CCCN(C(=O)C2CCC2)CC1. The Balaban J connectivity index is 1.50. The molecule has 2 aliphatic rings. The van der Waals surface area contributed by atoms with Gasteiger partial charge in [-0.3, -0.25) is 9.59 Å². The van der Waals surface area contributed by atoms with Gasteiger partial charge in [0.25, 0.3) is 5.91 Å². The smallest absolute Gasteiger partial charge is 0.260 e. The first-order valence-electron chi connectivity index (χ1n) is 9.01. The zero-order valence-electron chi connectivity index (χ0n) is 14.8. The van der Waals surface area contributed by atoms with Crippen molar-refractivity contribution >= 4 is 11.8 Å². The molecule has 6 heteroatoms. The summed E-state index contributed by atoms with van der Waals surface area (Å²) >= 11 is 0. The van der Waals surface area contributed by atoms with E-state index in [2.05, 4.69) is 0 Å². The average Bonchev–Trinajstić information content (AvgIpc) is 2.84. The Morgan fingerprint density at radius 3 is 2.36 bits per heavy atom. The molecule has 0 unspecified atom stereocenters. The van der Waals surface area contributed by atoms with E-state index in [1.54, 1.807) is 24.1 Å². The molecule has 3 rings (SSSR count). The number of hydrogen-bond acceptors (Lipinski definition) is 4. The van der Waals surface area contributed by atoms with Gasteiger partial charge >= 0.3 is 0 Å². The molecule has 1 aromatic carbocycles. The van der Waals surface area contributed by atoms with E-state index in [9.17, 15) is 9.59 Å². The summed E-state index contributed by atoms with van der Waals surface area (Å²) in [6.45, 7) is 2.59. The van der Waals surface area contributed by atoms with Crippen LogP contribution >= 0.6 is 0 Å². The summed E-state index contributed by atoms with van der Waals surface area (Å²) < 4.78 is 10.9. The highest BCUT2D eigenvalue weighted by Crippen LogP contribution is 2.28. The molecule has 0 bridgehead atoms. The fourth-order valence-electron chi connectivity index (χ4n) is 3.27. The van der Waals surface area contributed by atoms with Gasteiger partial charge in [-0.2, -0.15) is 0 Å². The van der Waals surface area contributed by atoms with Crippen molar-refractivity contribution < 1.29 is 19.1 Å². The van der Waals surface area contributed by atoms with Crippen molar-refractivity contribution in [3.63, 3.8) is 0 Å². The summed E-state index contributed by atoms with van der Waals surface area (Å²) in [7, 11) is 1.58. The summed E-state index contributed by atoms with van der Waals surface area (Å²) in [6.07, 6.45) is 4.02. The molecule has 1 heterocycles. The van der Waals surface area contributed by atoms with Crippen LogP contribution in [0.3, 0.4) is 0 Å². The lowest BCUT2D eigenvalue weighted by molar-refractivity contribution is -0.139. The fraction of sp³-hybridized carbons (Fsp3) is 0.579. The van der Waals surface area contributed by atoms with Gasteiger partial charge in [0.1, 0.15) is 0 Å². The van der Waals surface area contributed by atoms with Crippen molar-refractivity contribution in [2.75, 3.05) is 39.9 Å². The molecule has 136 valence electrons. The lowest BCUT2D eigenvalue weighted by Crippen LogP contribution is -2.42. The monoisotopic (exact) mass is 346 g/mol. The van der Waals surface area contributed by atoms with Crippen LogP contribution in [-0.2, 0) is 9.59 Å². The molecule has 1 saturated heterocycles. The second kappa shape index (κ2) is 8.23. The standard InChI is InChI=1S/C19H26N2O4/c1-24-16-8-2-3-9-17(16)25-14-18(22)20-10-5-11-21(13-12-20)19(23)15-6-4-7-15/h2-3,8-9,15H,4-7,10-14H2,1H3. The third-order valence-corrected chi connectivity index (χ3v) is 5.03. The average molecular weight is 346 g/mol. The van der Waals surface area contributed by atoms with Crippen LogP contribution in [0.2, 0.25) is 0 Å². The number of carbonyl (C=O) groups excluding carboxylic acids is 2. The Morgan fingerprint density at radius 2 is 1.68 bits per heavy atom. The molecule has 1 aliphatic carbocycles. The number of para-hydroxylation sites is 2. The zero-order chi connectivity index (χ0) is 17.6. The highest BCUT2D eigenvalue weighted by molar-refractivity contribution is 5.80. The van der Waals surface area contributed by atoms with Crippen molar-refractivity contribution in [2.24, 2.45) is 5.92 Å². The molecule has 0 radical (unpaired) electrons. The molecule has 2 fully saturated rings. The first kappa shape index (κ1) is 17.6. The largest absolute Gasteiger partial charge is 0.493 e. The van der Waals surface area contributed by atoms with Gasteiger partial charge in [0.15, 0.2) is 18.1 Å². The molecule has 1 saturated carbocycles. The molecule has 0 atom stereocenters. The second-order valence-corrected chi connectivity index (χ2v) is 6.63. The topological polar surface area (TPSA) is 59.1 Å². The highest BCUT2D eigenvalue weighted by atomic mass is 16.5. The molecule has 0 N–H and O–H groups in total. The molecule has 0 spiro atoms. The summed E-state index contributed by atoms with van der Waals surface area (Å²) in [6, 6.07) is 7.29. The van der Waals surface area contributed by atoms with Gasteiger partial charge < -0.3 is 19.3 Å². The van der Waals surface area contributed by atoms with Crippen LogP contribution in [0.1, 0.15) is 25.7 Å². The van der Waals surface area contributed by atoms with Gasteiger partial charge in [0.2, 0.25) is 5.91 Å².